The Kier molecular flexibility index (Phi) is 6.70. The van der Waals surface area contributed by atoms with E-state index in [1.54, 1.807) is 0 Å². The quantitative estimate of drug-likeness (QED) is 0.193. The van der Waals surface area contributed by atoms with Gasteiger partial charge in [0, 0.05) is 12.0 Å². The number of benzene rings is 3. The minimum atomic E-state index is -1.70. The van der Waals surface area contributed by atoms with E-state index >= 15 is 0 Å². The van der Waals surface area contributed by atoms with Gasteiger partial charge < -0.3 is 4.74 Å². The van der Waals surface area contributed by atoms with Crippen molar-refractivity contribution >= 4 is 28.9 Å². The van der Waals surface area contributed by atoms with Crippen LogP contribution >= 0.6 is 0 Å². The van der Waals surface area contributed by atoms with Crippen molar-refractivity contribution in [1.82, 2.24) is 5.32 Å². The van der Waals surface area contributed by atoms with Gasteiger partial charge in [-0.1, -0.05) is 91.0 Å². The number of nitrogens with one attached hydrogen (secondary N) is 1. The summed E-state index contributed by atoms with van der Waals surface area (Å²) in [5, 5.41) is 2.18. The first kappa shape index (κ1) is 22.8. The van der Waals surface area contributed by atoms with Crippen molar-refractivity contribution in [2.24, 2.45) is 5.41 Å². The van der Waals surface area contributed by atoms with Gasteiger partial charge in [-0.3, -0.25) is 19.7 Å². The van der Waals surface area contributed by atoms with E-state index < -0.39 is 23.2 Å². The Hall–Kier alpha value is -4.43. The third-order valence-corrected chi connectivity index (χ3v) is 5.84. The topological polar surface area (TPSA) is 72.5 Å². The first-order valence-corrected chi connectivity index (χ1v) is 10.9. The Bertz CT molecular complexity index is 1230. The van der Waals surface area contributed by atoms with E-state index in [-0.39, 0.29) is 19.4 Å². The molecule has 0 aromatic heterocycles. The van der Waals surface area contributed by atoms with Crippen LogP contribution in [0.25, 0.3) is 11.1 Å². The van der Waals surface area contributed by atoms with E-state index in [4.69, 9.17) is 11.2 Å². The molecule has 3 aromatic rings. The third kappa shape index (κ3) is 4.53. The molecule has 1 unspecified atom stereocenters. The molecule has 1 atom stereocenters. The SMILES string of the molecule is C#CCC1(C(=O)OCC(=C(c2ccccc2)c2ccccc2)c2ccccc2)CC(=O)NC1=O. The van der Waals surface area contributed by atoms with Crippen LogP contribution in [0.2, 0.25) is 0 Å². The van der Waals surface area contributed by atoms with Crippen LogP contribution in [-0.2, 0) is 19.1 Å². The molecule has 0 saturated carbocycles. The molecule has 0 spiro atoms. The van der Waals surface area contributed by atoms with Gasteiger partial charge in [0.1, 0.15) is 6.61 Å². The standard InChI is InChI=1S/C29H23NO4/c1-2-18-29(19-25(31)30-27(29)32)28(33)34-20-24(21-12-6-3-7-13-21)26(22-14-8-4-9-15-22)23-16-10-5-11-17-23/h1,3-17H,18-20H2,(H,30,31,32). The molecule has 0 bridgehead atoms. The summed E-state index contributed by atoms with van der Waals surface area (Å²) in [5.41, 5.74) is 2.75. The molecule has 4 rings (SSSR count). The fourth-order valence-corrected chi connectivity index (χ4v) is 4.14. The monoisotopic (exact) mass is 449 g/mol. The number of rotatable bonds is 7. The lowest BCUT2D eigenvalue weighted by molar-refractivity contribution is -0.158. The fourth-order valence-electron chi connectivity index (χ4n) is 4.14. The molecule has 0 radical (unpaired) electrons. The van der Waals surface area contributed by atoms with Crippen molar-refractivity contribution in [3.05, 3.63) is 108 Å². The van der Waals surface area contributed by atoms with Gasteiger partial charge in [0.25, 0.3) is 0 Å². The van der Waals surface area contributed by atoms with Crippen molar-refractivity contribution in [3.63, 3.8) is 0 Å². The summed E-state index contributed by atoms with van der Waals surface area (Å²) in [4.78, 5) is 37.5. The van der Waals surface area contributed by atoms with Gasteiger partial charge in [0.2, 0.25) is 11.8 Å². The average molecular weight is 450 g/mol. The van der Waals surface area contributed by atoms with Crippen LogP contribution in [0.15, 0.2) is 91.0 Å². The van der Waals surface area contributed by atoms with E-state index in [0.717, 1.165) is 27.8 Å². The molecule has 1 aliphatic heterocycles. The van der Waals surface area contributed by atoms with Gasteiger partial charge in [-0.2, -0.15) is 0 Å². The molecule has 1 saturated heterocycles. The van der Waals surface area contributed by atoms with Gasteiger partial charge in [0.15, 0.2) is 5.41 Å². The molecule has 168 valence electrons. The lowest BCUT2D eigenvalue weighted by Gasteiger charge is -2.23. The van der Waals surface area contributed by atoms with Crippen molar-refractivity contribution in [2.45, 2.75) is 12.8 Å². The van der Waals surface area contributed by atoms with Crippen molar-refractivity contribution < 1.29 is 19.1 Å². The number of imide groups is 1. The summed E-state index contributed by atoms with van der Waals surface area (Å²) in [6.07, 6.45) is 4.90. The van der Waals surface area contributed by atoms with Crippen LogP contribution in [0, 0.1) is 17.8 Å². The zero-order chi connectivity index (χ0) is 24.0. The van der Waals surface area contributed by atoms with Crippen molar-refractivity contribution in [1.29, 1.82) is 0 Å². The Labute approximate surface area is 198 Å². The summed E-state index contributed by atoms with van der Waals surface area (Å²) >= 11 is 0. The maximum atomic E-state index is 13.2. The van der Waals surface area contributed by atoms with Crippen LogP contribution in [0.4, 0.5) is 0 Å². The predicted octanol–water partition coefficient (Wildman–Crippen LogP) is 4.25. The molecule has 34 heavy (non-hydrogen) atoms. The van der Waals surface area contributed by atoms with Gasteiger partial charge in [-0.15, -0.1) is 12.3 Å². The molecule has 1 fully saturated rings. The van der Waals surface area contributed by atoms with Crippen molar-refractivity contribution in [3.8, 4) is 12.3 Å². The molecular formula is C29H23NO4. The van der Waals surface area contributed by atoms with E-state index in [2.05, 4.69) is 11.2 Å². The van der Waals surface area contributed by atoms with Crippen LogP contribution in [0.1, 0.15) is 29.5 Å². The second-order valence-electron chi connectivity index (χ2n) is 8.04. The zero-order valence-corrected chi connectivity index (χ0v) is 18.5. The highest BCUT2D eigenvalue weighted by molar-refractivity contribution is 6.16. The number of carbonyl (C=O) groups excluding carboxylic acids is 3. The maximum Gasteiger partial charge on any atom is 0.323 e. The molecule has 5 nitrogen and oxygen atoms in total. The highest BCUT2D eigenvalue weighted by Gasteiger charge is 2.53. The molecule has 0 aliphatic carbocycles. The average Bonchev–Trinajstić information content (AvgIpc) is 3.16. The highest BCUT2D eigenvalue weighted by atomic mass is 16.5. The largest absolute Gasteiger partial charge is 0.460 e. The Balaban J connectivity index is 1.80. The summed E-state index contributed by atoms with van der Waals surface area (Å²) < 4.78 is 5.74. The number of hydrogen-bond donors (Lipinski definition) is 1. The predicted molar refractivity (Wildman–Crippen MR) is 130 cm³/mol. The fraction of sp³-hybridized carbons (Fsp3) is 0.138. The lowest BCUT2D eigenvalue weighted by atomic mass is 9.83. The first-order chi connectivity index (χ1) is 16.5. The van der Waals surface area contributed by atoms with Crippen LogP contribution in [0.5, 0.6) is 0 Å². The summed E-state index contributed by atoms with van der Waals surface area (Å²) in [7, 11) is 0. The van der Waals surface area contributed by atoms with Gasteiger partial charge in [-0.25, -0.2) is 0 Å². The van der Waals surface area contributed by atoms with Gasteiger partial charge in [-0.05, 0) is 22.3 Å². The van der Waals surface area contributed by atoms with E-state index in [1.807, 2.05) is 91.0 Å². The Morgan fingerprint density at radius 3 is 1.79 bits per heavy atom. The Morgan fingerprint density at radius 1 is 0.853 bits per heavy atom. The molecular weight excluding hydrogens is 426 g/mol. The number of amides is 2. The third-order valence-electron chi connectivity index (χ3n) is 5.84. The second-order valence-corrected chi connectivity index (χ2v) is 8.04. The number of terminal acetylenes is 1. The lowest BCUT2D eigenvalue weighted by Crippen LogP contribution is -2.40. The van der Waals surface area contributed by atoms with Crippen LogP contribution in [-0.4, -0.2) is 24.4 Å². The molecule has 5 heteroatoms. The van der Waals surface area contributed by atoms with Crippen molar-refractivity contribution in [2.75, 3.05) is 6.61 Å². The van der Waals surface area contributed by atoms with E-state index in [1.165, 1.54) is 0 Å². The number of esters is 1. The van der Waals surface area contributed by atoms with E-state index in [9.17, 15) is 14.4 Å². The summed E-state index contributed by atoms with van der Waals surface area (Å²) in [6, 6.07) is 29.3. The molecule has 1 N–H and O–H groups in total. The Morgan fingerprint density at radius 2 is 1.35 bits per heavy atom. The zero-order valence-electron chi connectivity index (χ0n) is 18.5. The van der Waals surface area contributed by atoms with Gasteiger partial charge >= 0.3 is 5.97 Å². The molecule has 1 aliphatic rings. The number of ether oxygens (including phenoxy) is 1. The summed E-state index contributed by atoms with van der Waals surface area (Å²) in [6.45, 7) is -0.101. The normalized spacial score (nSPS) is 16.9. The second kappa shape index (κ2) is 10.0. The summed E-state index contributed by atoms with van der Waals surface area (Å²) in [5.74, 6) is 0.299. The van der Waals surface area contributed by atoms with E-state index in [0.29, 0.717) is 0 Å². The minimum Gasteiger partial charge on any atom is -0.460 e. The number of carbonyl (C=O) groups is 3. The highest BCUT2D eigenvalue weighted by Crippen LogP contribution is 2.36. The molecule has 1 heterocycles. The van der Waals surface area contributed by atoms with Crippen LogP contribution < -0.4 is 5.32 Å². The smallest absolute Gasteiger partial charge is 0.323 e. The maximum absolute atomic E-state index is 13.2. The first-order valence-electron chi connectivity index (χ1n) is 10.9. The van der Waals surface area contributed by atoms with Gasteiger partial charge in [0.05, 0.1) is 6.42 Å². The molecule has 2 amide bonds. The minimum absolute atomic E-state index is 0.101. The van der Waals surface area contributed by atoms with Crippen LogP contribution in [0.3, 0.4) is 0 Å². The number of hydrogen-bond acceptors (Lipinski definition) is 4. The molecule has 3 aromatic carbocycles.